The minimum Gasteiger partial charge on any atom is -0.481 e. The van der Waals surface area contributed by atoms with Crippen molar-refractivity contribution in [2.45, 2.75) is 13.8 Å². The molecule has 1 heterocycles. The average molecular weight is 351 g/mol. The van der Waals surface area contributed by atoms with Gasteiger partial charge in [-0.2, -0.15) is 0 Å². The highest BCUT2D eigenvalue weighted by molar-refractivity contribution is 6.13. The first-order valence-corrected chi connectivity index (χ1v) is 7.98. The molecule has 0 atom stereocenters. The van der Waals surface area contributed by atoms with Crippen LogP contribution in [0.25, 0.3) is 6.08 Å². The Morgan fingerprint density at radius 1 is 1.19 bits per heavy atom. The Balaban J connectivity index is 1.91. The lowest BCUT2D eigenvalue weighted by molar-refractivity contribution is -0.139. The Hall–Kier alpha value is -3.41. The van der Waals surface area contributed by atoms with Crippen molar-refractivity contribution in [3.63, 3.8) is 0 Å². The fraction of sp³-hybridized carbons (Fsp3) is 0.150. The number of aryl methyl sites for hydroxylation is 2. The highest BCUT2D eigenvalue weighted by Gasteiger charge is 2.24. The maximum absolute atomic E-state index is 12.2. The summed E-state index contributed by atoms with van der Waals surface area (Å²) < 4.78 is 10.5. The van der Waals surface area contributed by atoms with Crippen LogP contribution in [-0.2, 0) is 14.3 Å². The molecular formula is C20H17NO5. The number of carbonyl (C=O) groups is 2. The second kappa shape index (κ2) is 7.23. The first-order valence-electron chi connectivity index (χ1n) is 7.98. The van der Waals surface area contributed by atoms with Gasteiger partial charge in [0.15, 0.2) is 12.3 Å². The molecule has 0 amide bonds. The fourth-order valence-electron chi connectivity index (χ4n) is 2.43. The highest BCUT2D eigenvalue weighted by atomic mass is 16.6. The molecule has 0 bridgehead atoms. The van der Waals surface area contributed by atoms with Gasteiger partial charge < -0.3 is 14.6 Å². The lowest BCUT2D eigenvalue weighted by Crippen LogP contribution is -2.10. The monoisotopic (exact) mass is 351 g/mol. The van der Waals surface area contributed by atoms with Gasteiger partial charge in [0, 0.05) is 11.1 Å². The number of cyclic esters (lactones) is 1. The molecule has 1 aliphatic rings. The number of ether oxygens (including phenoxy) is 2. The quantitative estimate of drug-likeness (QED) is 0.661. The summed E-state index contributed by atoms with van der Waals surface area (Å²) in [6, 6.07) is 12.5. The van der Waals surface area contributed by atoms with Crippen molar-refractivity contribution in [2.24, 2.45) is 4.99 Å². The Kier molecular flexibility index (Phi) is 4.84. The molecule has 6 heteroatoms. The van der Waals surface area contributed by atoms with Gasteiger partial charge in [0.25, 0.3) is 0 Å². The van der Waals surface area contributed by atoms with Crippen molar-refractivity contribution >= 4 is 23.9 Å². The third kappa shape index (κ3) is 3.80. The third-order valence-electron chi connectivity index (χ3n) is 3.94. The third-order valence-corrected chi connectivity index (χ3v) is 3.94. The van der Waals surface area contributed by atoms with E-state index in [2.05, 4.69) is 4.99 Å². The molecule has 0 saturated heterocycles. The van der Waals surface area contributed by atoms with Gasteiger partial charge in [-0.15, -0.1) is 0 Å². The van der Waals surface area contributed by atoms with Crippen molar-refractivity contribution in [2.75, 3.05) is 6.61 Å². The van der Waals surface area contributed by atoms with Crippen LogP contribution in [0.5, 0.6) is 5.75 Å². The normalized spacial score (nSPS) is 14.9. The summed E-state index contributed by atoms with van der Waals surface area (Å²) in [6.45, 7) is 3.51. The zero-order valence-corrected chi connectivity index (χ0v) is 14.4. The summed E-state index contributed by atoms with van der Waals surface area (Å²) in [5.41, 5.74) is 3.61. The predicted octanol–water partition coefficient (Wildman–Crippen LogP) is 3.11. The number of carboxylic acid groups (broad SMARTS) is 1. The molecule has 1 aliphatic heterocycles. The lowest BCUT2D eigenvalue weighted by Gasteiger charge is -2.06. The number of rotatable bonds is 5. The van der Waals surface area contributed by atoms with Crippen LogP contribution in [0.15, 0.2) is 53.2 Å². The first-order chi connectivity index (χ1) is 12.4. The van der Waals surface area contributed by atoms with Crippen LogP contribution in [0, 0.1) is 13.8 Å². The van der Waals surface area contributed by atoms with Crippen LogP contribution in [0.2, 0.25) is 0 Å². The first kappa shape index (κ1) is 17.4. The summed E-state index contributed by atoms with van der Waals surface area (Å²) in [4.78, 5) is 27.1. The molecule has 2 aromatic rings. The van der Waals surface area contributed by atoms with Crippen molar-refractivity contribution in [3.8, 4) is 5.75 Å². The van der Waals surface area contributed by atoms with E-state index in [0.717, 1.165) is 16.7 Å². The van der Waals surface area contributed by atoms with Crippen LogP contribution in [0.4, 0.5) is 0 Å². The molecule has 0 saturated carbocycles. The number of aliphatic imine (C=N–C) groups is 1. The van der Waals surface area contributed by atoms with Gasteiger partial charge in [-0.25, -0.2) is 14.6 Å². The standard InChI is InChI=1S/C20H17NO5/c1-12-7-8-15(9-13(12)2)19-21-16(20(24)26-19)10-14-5-3-4-6-17(14)25-11-18(22)23/h3-10H,11H2,1-2H3,(H,22,23). The molecule has 0 aliphatic carbocycles. The number of aliphatic carboxylic acids is 1. The van der Waals surface area contributed by atoms with Gasteiger partial charge in [-0.1, -0.05) is 24.3 Å². The number of carboxylic acids is 1. The molecule has 0 unspecified atom stereocenters. The minimum absolute atomic E-state index is 0.129. The maximum Gasteiger partial charge on any atom is 0.363 e. The molecule has 1 N–H and O–H groups in total. The molecule has 6 nitrogen and oxygen atoms in total. The van der Waals surface area contributed by atoms with Gasteiger partial charge in [0.1, 0.15) is 5.75 Å². The minimum atomic E-state index is -1.08. The molecule has 26 heavy (non-hydrogen) atoms. The number of benzene rings is 2. The van der Waals surface area contributed by atoms with Crippen LogP contribution in [0.1, 0.15) is 22.3 Å². The van der Waals surface area contributed by atoms with Gasteiger partial charge in [-0.3, -0.25) is 0 Å². The highest BCUT2D eigenvalue weighted by Crippen LogP contribution is 2.25. The van der Waals surface area contributed by atoms with E-state index in [-0.39, 0.29) is 11.6 Å². The van der Waals surface area contributed by atoms with E-state index in [1.54, 1.807) is 24.3 Å². The van der Waals surface area contributed by atoms with Gasteiger partial charge >= 0.3 is 11.9 Å². The van der Waals surface area contributed by atoms with Gasteiger partial charge in [0.2, 0.25) is 5.90 Å². The van der Waals surface area contributed by atoms with E-state index in [9.17, 15) is 9.59 Å². The number of hydrogen-bond acceptors (Lipinski definition) is 5. The Bertz CT molecular complexity index is 943. The van der Waals surface area contributed by atoms with E-state index in [1.165, 1.54) is 6.08 Å². The predicted molar refractivity (Wildman–Crippen MR) is 96.1 cm³/mol. The van der Waals surface area contributed by atoms with Crippen molar-refractivity contribution in [1.82, 2.24) is 0 Å². The zero-order chi connectivity index (χ0) is 18.7. The Morgan fingerprint density at radius 3 is 2.69 bits per heavy atom. The Morgan fingerprint density at radius 2 is 1.96 bits per heavy atom. The molecule has 132 valence electrons. The number of nitrogens with zero attached hydrogens (tertiary/aromatic N) is 1. The second-order valence-electron chi connectivity index (χ2n) is 5.86. The van der Waals surface area contributed by atoms with Crippen LogP contribution >= 0.6 is 0 Å². The molecule has 2 aromatic carbocycles. The molecule has 0 fully saturated rings. The summed E-state index contributed by atoms with van der Waals surface area (Å²) in [5, 5.41) is 8.76. The Labute approximate surface area is 150 Å². The van der Waals surface area contributed by atoms with Crippen molar-refractivity contribution in [1.29, 1.82) is 0 Å². The number of esters is 1. The molecular weight excluding hydrogens is 334 g/mol. The fourth-order valence-corrected chi connectivity index (χ4v) is 2.43. The van der Waals surface area contributed by atoms with Gasteiger partial charge in [0.05, 0.1) is 0 Å². The summed E-state index contributed by atoms with van der Waals surface area (Å²) in [7, 11) is 0. The van der Waals surface area contributed by atoms with E-state index in [0.29, 0.717) is 11.3 Å². The van der Waals surface area contributed by atoms with E-state index < -0.39 is 18.5 Å². The van der Waals surface area contributed by atoms with Crippen LogP contribution in [0.3, 0.4) is 0 Å². The number of hydrogen-bond donors (Lipinski definition) is 1. The topological polar surface area (TPSA) is 85.2 Å². The largest absolute Gasteiger partial charge is 0.481 e. The van der Waals surface area contributed by atoms with Crippen molar-refractivity contribution in [3.05, 3.63) is 70.4 Å². The van der Waals surface area contributed by atoms with Crippen LogP contribution in [-0.4, -0.2) is 29.5 Å². The summed E-state index contributed by atoms with van der Waals surface area (Å²) >= 11 is 0. The maximum atomic E-state index is 12.2. The van der Waals surface area contributed by atoms with Crippen molar-refractivity contribution < 1.29 is 24.2 Å². The molecule has 0 aromatic heterocycles. The number of carbonyl (C=O) groups excluding carboxylic acids is 1. The SMILES string of the molecule is Cc1ccc(C2=NC(=Cc3ccccc3OCC(=O)O)C(=O)O2)cc1C. The lowest BCUT2D eigenvalue weighted by atomic mass is 10.1. The summed E-state index contributed by atoms with van der Waals surface area (Å²) in [5.74, 6) is -1.05. The van der Waals surface area contributed by atoms with Crippen LogP contribution < -0.4 is 4.74 Å². The van der Waals surface area contributed by atoms with E-state index in [4.69, 9.17) is 14.6 Å². The van der Waals surface area contributed by atoms with E-state index >= 15 is 0 Å². The zero-order valence-electron chi connectivity index (χ0n) is 14.4. The van der Waals surface area contributed by atoms with E-state index in [1.807, 2.05) is 32.0 Å². The van der Waals surface area contributed by atoms with Gasteiger partial charge in [-0.05, 0) is 49.2 Å². The average Bonchev–Trinajstić information content (AvgIpc) is 2.97. The second-order valence-corrected chi connectivity index (χ2v) is 5.86. The number of para-hydroxylation sites is 1. The molecule has 3 rings (SSSR count). The molecule has 0 spiro atoms. The smallest absolute Gasteiger partial charge is 0.363 e. The summed E-state index contributed by atoms with van der Waals surface area (Å²) in [6.07, 6.45) is 1.52. The molecule has 0 radical (unpaired) electrons.